The summed E-state index contributed by atoms with van der Waals surface area (Å²) in [7, 11) is 0. The van der Waals surface area contributed by atoms with Crippen LogP contribution in [0.3, 0.4) is 0 Å². The highest BCUT2D eigenvalue weighted by molar-refractivity contribution is 6.02. The Kier molecular flexibility index (Phi) is 4.25. The van der Waals surface area contributed by atoms with Gasteiger partial charge in [-0.15, -0.1) is 0 Å². The maximum Gasteiger partial charge on any atom is 0.281 e. The Balaban J connectivity index is 2.04. The fourth-order valence-corrected chi connectivity index (χ4v) is 2.23. The van der Waals surface area contributed by atoms with Gasteiger partial charge in [0.25, 0.3) is 5.91 Å². The van der Waals surface area contributed by atoms with Crippen molar-refractivity contribution in [3.8, 4) is 11.4 Å². The lowest BCUT2D eigenvalue weighted by Gasteiger charge is -2.12. The van der Waals surface area contributed by atoms with Crippen LogP contribution in [-0.2, 0) is 0 Å². The number of hydrogen-bond donors (Lipinski definition) is 2. The van der Waals surface area contributed by atoms with Gasteiger partial charge in [0.05, 0.1) is 0 Å². The summed E-state index contributed by atoms with van der Waals surface area (Å²) >= 11 is 0. The lowest BCUT2D eigenvalue weighted by Crippen LogP contribution is -2.27. The third-order valence-electron chi connectivity index (χ3n) is 3.42. The van der Waals surface area contributed by atoms with Gasteiger partial charge in [-0.05, 0) is 31.2 Å². The molecule has 0 atom stereocenters. The Labute approximate surface area is 141 Å². The number of benzene rings is 1. The van der Waals surface area contributed by atoms with Gasteiger partial charge in [-0.3, -0.25) is 9.59 Å². The number of para-hydroxylation sites is 1. The highest BCUT2D eigenvalue weighted by atomic mass is 19.1. The highest BCUT2D eigenvalue weighted by Crippen LogP contribution is 2.19. The molecule has 1 aromatic carbocycles. The average molecular weight is 340 g/mol. The molecule has 0 spiro atoms. The maximum atomic E-state index is 14.0. The number of nitrogens with one attached hydrogen (secondary N) is 1. The maximum absolute atomic E-state index is 14.0. The van der Waals surface area contributed by atoms with E-state index in [4.69, 9.17) is 0 Å². The molecule has 2 heterocycles. The molecule has 7 nitrogen and oxygen atoms in total. The average Bonchev–Trinajstić information content (AvgIpc) is 2.58. The molecule has 3 aromatic rings. The number of amides is 1. The number of carbonyl (C=O) groups is 1. The zero-order valence-corrected chi connectivity index (χ0v) is 13.1. The molecule has 0 radical (unpaired) electrons. The second kappa shape index (κ2) is 6.52. The predicted molar refractivity (Wildman–Crippen MR) is 88.4 cm³/mol. The minimum atomic E-state index is -0.857. The molecule has 2 N–H and O–H groups in total. The quantitative estimate of drug-likeness (QED) is 0.760. The first-order valence-corrected chi connectivity index (χ1v) is 7.28. The van der Waals surface area contributed by atoms with E-state index in [0.717, 1.165) is 0 Å². The second-order valence-corrected chi connectivity index (χ2v) is 5.19. The number of halogens is 1. The lowest BCUT2D eigenvalue weighted by atomic mass is 10.2. The topological polar surface area (TPSA) is 97.1 Å². The molecular weight excluding hydrogens is 327 g/mol. The van der Waals surface area contributed by atoms with Gasteiger partial charge >= 0.3 is 0 Å². The molecule has 0 bridgehead atoms. The number of carbonyl (C=O) groups excluding carboxylic acids is 1. The fraction of sp³-hybridized carbons (Fsp3) is 0.0588. The molecule has 0 fully saturated rings. The van der Waals surface area contributed by atoms with Crippen LogP contribution in [0.2, 0.25) is 0 Å². The van der Waals surface area contributed by atoms with E-state index in [-0.39, 0.29) is 17.3 Å². The molecule has 0 unspecified atom stereocenters. The molecule has 0 saturated heterocycles. The van der Waals surface area contributed by atoms with E-state index in [1.165, 1.54) is 47.3 Å². The summed E-state index contributed by atoms with van der Waals surface area (Å²) in [5.41, 5.74) is -0.598. The summed E-state index contributed by atoms with van der Waals surface area (Å²) in [5, 5.41) is 15.9. The summed E-state index contributed by atoms with van der Waals surface area (Å²) in [6, 6.07) is 9.87. The zero-order valence-electron chi connectivity index (χ0n) is 13.1. The Morgan fingerprint density at radius 1 is 1.24 bits per heavy atom. The summed E-state index contributed by atoms with van der Waals surface area (Å²) in [6.45, 7) is 1.58. The van der Waals surface area contributed by atoms with Gasteiger partial charge in [0.2, 0.25) is 5.43 Å². The number of aromatic nitrogens is 3. The number of aromatic hydroxyl groups is 1. The van der Waals surface area contributed by atoms with E-state index in [1.54, 1.807) is 13.0 Å². The first-order valence-electron chi connectivity index (χ1n) is 7.28. The van der Waals surface area contributed by atoms with E-state index in [1.807, 2.05) is 0 Å². The lowest BCUT2D eigenvalue weighted by molar-refractivity contribution is 0.101. The van der Waals surface area contributed by atoms with Crippen molar-refractivity contribution in [2.45, 2.75) is 6.92 Å². The van der Waals surface area contributed by atoms with Gasteiger partial charge in [0, 0.05) is 18.0 Å². The molecule has 126 valence electrons. The molecule has 3 rings (SSSR count). The van der Waals surface area contributed by atoms with Crippen LogP contribution >= 0.6 is 0 Å². The molecule has 0 aliphatic heterocycles. The van der Waals surface area contributed by atoms with E-state index in [0.29, 0.717) is 5.69 Å². The van der Waals surface area contributed by atoms with Gasteiger partial charge in [0.1, 0.15) is 11.5 Å². The largest absolute Gasteiger partial charge is 0.504 e. The zero-order chi connectivity index (χ0) is 18.0. The first-order chi connectivity index (χ1) is 12.0. The van der Waals surface area contributed by atoms with Crippen LogP contribution < -0.4 is 10.7 Å². The van der Waals surface area contributed by atoms with Crippen molar-refractivity contribution < 1.29 is 14.3 Å². The van der Waals surface area contributed by atoms with Gasteiger partial charge in [-0.25, -0.2) is 14.1 Å². The number of hydrogen-bond acceptors (Lipinski definition) is 5. The number of aryl methyl sites for hydroxylation is 1. The SMILES string of the molecule is Cc1cc(=O)c(C(=O)Nc2ncccc2O)nn1-c1ccccc1F. The molecule has 0 saturated carbocycles. The Bertz CT molecular complexity index is 1020. The van der Waals surface area contributed by atoms with Crippen LogP contribution in [-0.4, -0.2) is 25.8 Å². The minimum absolute atomic E-state index is 0.105. The number of rotatable bonds is 3. The van der Waals surface area contributed by atoms with Crippen molar-refractivity contribution >= 4 is 11.7 Å². The van der Waals surface area contributed by atoms with E-state index >= 15 is 0 Å². The first kappa shape index (κ1) is 16.3. The molecule has 1 amide bonds. The summed E-state index contributed by atoms with van der Waals surface area (Å²) in [4.78, 5) is 28.3. The molecule has 2 aromatic heterocycles. The van der Waals surface area contributed by atoms with Gasteiger partial charge in [-0.1, -0.05) is 12.1 Å². The van der Waals surface area contributed by atoms with Crippen LogP contribution in [0.1, 0.15) is 16.2 Å². The summed E-state index contributed by atoms with van der Waals surface area (Å²) < 4.78 is 15.2. The highest BCUT2D eigenvalue weighted by Gasteiger charge is 2.18. The molecule has 8 heteroatoms. The normalized spacial score (nSPS) is 10.5. The van der Waals surface area contributed by atoms with Crippen molar-refractivity contribution in [3.63, 3.8) is 0 Å². The van der Waals surface area contributed by atoms with Crippen LogP contribution in [0.4, 0.5) is 10.2 Å². The van der Waals surface area contributed by atoms with Gasteiger partial charge in [-0.2, -0.15) is 5.10 Å². The van der Waals surface area contributed by atoms with Gasteiger partial charge in [0.15, 0.2) is 17.3 Å². The van der Waals surface area contributed by atoms with Crippen LogP contribution in [0.25, 0.3) is 5.69 Å². The van der Waals surface area contributed by atoms with E-state index in [2.05, 4.69) is 15.4 Å². The van der Waals surface area contributed by atoms with Crippen LogP contribution in [0, 0.1) is 12.7 Å². The number of anilines is 1. The van der Waals surface area contributed by atoms with E-state index < -0.39 is 22.8 Å². The third kappa shape index (κ3) is 3.23. The van der Waals surface area contributed by atoms with Gasteiger partial charge < -0.3 is 10.4 Å². The van der Waals surface area contributed by atoms with Crippen molar-refractivity contribution in [2.75, 3.05) is 5.32 Å². The molecule has 0 aliphatic carbocycles. The van der Waals surface area contributed by atoms with Crippen molar-refractivity contribution in [2.24, 2.45) is 0 Å². The Morgan fingerprint density at radius 3 is 2.72 bits per heavy atom. The summed E-state index contributed by atoms with van der Waals surface area (Å²) in [5.74, 6) is -1.76. The third-order valence-corrected chi connectivity index (χ3v) is 3.42. The minimum Gasteiger partial charge on any atom is -0.504 e. The standard InChI is InChI=1S/C17H13FN4O3/c1-10-9-14(24)15(17(25)20-16-13(23)7-4-8-19-16)21-22(10)12-6-3-2-5-11(12)18/h2-9,23H,1H3,(H,19,20,25). The predicted octanol–water partition coefficient (Wildman–Crippen LogP) is 2.03. The van der Waals surface area contributed by atoms with Crippen molar-refractivity contribution in [1.82, 2.24) is 14.8 Å². The number of pyridine rings is 1. The Hall–Kier alpha value is -3.55. The monoisotopic (exact) mass is 340 g/mol. The second-order valence-electron chi connectivity index (χ2n) is 5.19. The van der Waals surface area contributed by atoms with E-state index in [9.17, 15) is 19.1 Å². The summed E-state index contributed by atoms with van der Waals surface area (Å²) in [6.07, 6.45) is 1.37. The van der Waals surface area contributed by atoms with Crippen molar-refractivity contribution in [3.05, 3.63) is 76.1 Å². The fourth-order valence-electron chi connectivity index (χ4n) is 2.23. The van der Waals surface area contributed by atoms with Crippen LogP contribution in [0.15, 0.2) is 53.5 Å². The number of nitrogens with zero attached hydrogens (tertiary/aromatic N) is 3. The molecular formula is C17H13FN4O3. The molecule has 25 heavy (non-hydrogen) atoms. The molecule has 0 aliphatic rings. The van der Waals surface area contributed by atoms with Crippen LogP contribution in [0.5, 0.6) is 5.75 Å². The van der Waals surface area contributed by atoms with Crippen molar-refractivity contribution in [1.29, 1.82) is 0 Å². The Morgan fingerprint density at radius 2 is 2.00 bits per heavy atom. The smallest absolute Gasteiger partial charge is 0.281 e.